The molecule has 0 spiro atoms. The highest BCUT2D eigenvalue weighted by Crippen LogP contribution is 2.28. The molecule has 0 saturated heterocycles. The normalized spacial score (nSPS) is 10.3. The lowest BCUT2D eigenvalue weighted by atomic mass is 10.3. The Morgan fingerprint density at radius 3 is 2.50 bits per heavy atom. The fourth-order valence-electron chi connectivity index (χ4n) is 1.52. The lowest BCUT2D eigenvalue weighted by molar-refractivity contribution is -0.384. The summed E-state index contributed by atoms with van der Waals surface area (Å²) in [4.78, 5) is 18.5. The number of non-ortho nitro benzene ring substituents is 1. The second-order valence-corrected chi connectivity index (χ2v) is 4.43. The van der Waals surface area contributed by atoms with E-state index in [1.54, 1.807) is 6.92 Å². The minimum Gasteiger partial charge on any atom is -0.439 e. The van der Waals surface area contributed by atoms with Gasteiger partial charge in [-0.3, -0.25) is 10.1 Å². The zero-order valence-corrected chi connectivity index (χ0v) is 11.7. The van der Waals surface area contributed by atoms with Crippen LogP contribution in [0.5, 0.6) is 11.6 Å². The number of aromatic nitrogens is 2. The van der Waals surface area contributed by atoms with Crippen LogP contribution in [0.3, 0.4) is 0 Å². The predicted molar refractivity (Wildman–Crippen MR) is 74.3 cm³/mol. The second-order valence-electron chi connectivity index (χ2n) is 4.07. The molecule has 0 aliphatic rings. The van der Waals surface area contributed by atoms with E-state index in [-0.39, 0.29) is 5.69 Å². The topological polar surface area (TPSA) is 78.2 Å². The van der Waals surface area contributed by atoms with Crippen molar-refractivity contribution in [2.45, 2.75) is 20.3 Å². The number of hydrogen-bond acceptors (Lipinski definition) is 5. The number of halogens is 1. The van der Waals surface area contributed by atoms with E-state index in [9.17, 15) is 10.1 Å². The molecule has 0 atom stereocenters. The monoisotopic (exact) mass is 293 g/mol. The number of benzene rings is 1. The standard InChI is InChI=1S/C13H12ClN3O3/c1-3-11-15-12(14)8(2)13(16-11)20-10-6-4-9(5-7-10)17(18)19/h4-7H,3H2,1-2H3. The van der Waals surface area contributed by atoms with Gasteiger partial charge in [-0.1, -0.05) is 18.5 Å². The molecule has 0 bridgehead atoms. The minimum atomic E-state index is -0.466. The van der Waals surface area contributed by atoms with Gasteiger partial charge in [0.05, 0.1) is 4.92 Å². The van der Waals surface area contributed by atoms with Crippen LogP contribution in [0.1, 0.15) is 18.3 Å². The number of ether oxygens (including phenoxy) is 1. The molecule has 0 unspecified atom stereocenters. The van der Waals surface area contributed by atoms with Crippen LogP contribution in [0, 0.1) is 17.0 Å². The number of nitro groups is 1. The first-order valence-electron chi connectivity index (χ1n) is 5.96. The molecule has 6 nitrogen and oxygen atoms in total. The maximum Gasteiger partial charge on any atom is 0.269 e. The summed E-state index contributed by atoms with van der Waals surface area (Å²) in [5.41, 5.74) is 0.631. The van der Waals surface area contributed by atoms with E-state index in [1.807, 2.05) is 6.92 Å². The Bertz CT molecular complexity index is 644. The maximum atomic E-state index is 10.6. The lowest BCUT2D eigenvalue weighted by Gasteiger charge is -2.09. The molecule has 0 radical (unpaired) electrons. The number of rotatable bonds is 4. The van der Waals surface area contributed by atoms with Crippen molar-refractivity contribution in [3.8, 4) is 11.6 Å². The smallest absolute Gasteiger partial charge is 0.269 e. The van der Waals surface area contributed by atoms with Crippen LogP contribution in [0.15, 0.2) is 24.3 Å². The SMILES string of the molecule is CCc1nc(Cl)c(C)c(Oc2ccc([N+](=O)[O-])cc2)n1. The van der Waals surface area contributed by atoms with Gasteiger partial charge in [0, 0.05) is 24.1 Å². The van der Waals surface area contributed by atoms with Crippen LogP contribution in [0.2, 0.25) is 5.15 Å². The summed E-state index contributed by atoms with van der Waals surface area (Å²) < 4.78 is 5.61. The number of nitro benzene ring substituents is 1. The molecular formula is C13H12ClN3O3. The van der Waals surface area contributed by atoms with Crippen LogP contribution in [-0.4, -0.2) is 14.9 Å². The van der Waals surface area contributed by atoms with Crippen LogP contribution in [0.25, 0.3) is 0 Å². The fourth-order valence-corrected chi connectivity index (χ4v) is 1.69. The second kappa shape index (κ2) is 5.83. The first-order valence-corrected chi connectivity index (χ1v) is 6.34. The summed E-state index contributed by atoms with van der Waals surface area (Å²) in [7, 11) is 0. The lowest BCUT2D eigenvalue weighted by Crippen LogP contribution is -2.00. The molecule has 7 heteroatoms. The van der Waals surface area contributed by atoms with Crippen LogP contribution in [-0.2, 0) is 6.42 Å². The summed E-state index contributed by atoms with van der Waals surface area (Å²) in [6.07, 6.45) is 0.636. The molecule has 0 amide bonds. The van der Waals surface area contributed by atoms with E-state index >= 15 is 0 Å². The van der Waals surface area contributed by atoms with Gasteiger partial charge in [0.1, 0.15) is 16.7 Å². The highest BCUT2D eigenvalue weighted by Gasteiger charge is 2.11. The van der Waals surface area contributed by atoms with Crippen LogP contribution in [0.4, 0.5) is 5.69 Å². The molecule has 0 saturated carbocycles. The quantitative estimate of drug-likeness (QED) is 0.488. The van der Waals surface area contributed by atoms with E-state index in [2.05, 4.69) is 9.97 Å². The van der Waals surface area contributed by atoms with Gasteiger partial charge in [-0.2, -0.15) is 4.98 Å². The van der Waals surface area contributed by atoms with Crippen molar-refractivity contribution in [1.29, 1.82) is 0 Å². The number of nitrogens with zero attached hydrogens (tertiary/aromatic N) is 3. The van der Waals surface area contributed by atoms with Crippen molar-refractivity contribution in [1.82, 2.24) is 9.97 Å². The summed E-state index contributed by atoms with van der Waals surface area (Å²) in [5.74, 6) is 1.39. The van der Waals surface area contributed by atoms with Gasteiger partial charge in [0.25, 0.3) is 5.69 Å². The number of aryl methyl sites for hydroxylation is 1. The molecular weight excluding hydrogens is 282 g/mol. The van der Waals surface area contributed by atoms with Crippen LogP contribution >= 0.6 is 11.6 Å². The first kappa shape index (κ1) is 14.2. The van der Waals surface area contributed by atoms with E-state index < -0.39 is 4.92 Å². The van der Waals surface area contributed by atoms with Crippen molar-refractivity contribution in [2.24, 2.45) is 0 Å². The Kier molecular flexibility index (Phi) is 4.14. The van der Waals surface area contributed by atoms with E-state index in [4.69, 9.17) is 16.3 Å². The Balaban J connectivity index is 2.29. The molecule has 0 aliphatic carbocycles. The number of hydrogen-bond donors (Lipinski definition) is 0. The average Bonchev–Trinajstić information content (AvgIpc) is 2.44. The predicted octanol–water partition coefficient (Wildman–Crippen LogP) is 3.70. The Morgan fingerprint density at radius 2 is 1.95 bits per heavy atom. The largest absolute Gasteiger partial charge is 0.439 e. The Labute approximate surface area is 120 Å². The Morgan fingerprint density at radius 1 is 1.30 bits per heavy atom. The fraction of sp³-hybridized carbons (Fsp3) is 0.231. The highest BCUT2D eigenvalue weighted by atomic mass is 35.5. The molecule has 1 aromatic carbocycles. The van der Waals surface area contributed by atoms with E-state index in [0.717, 1.165) is 0 Å². The zero-order chi connectivity index (χ0) is 14.7. The van der Waals surface area contributed by atoms with Crippen molar-refractivity contribution in [3.63, 3.8) is 0 Å². The van der Waals surface area contributed by atoms with Crippen molar-refractivity contribution in [3.05, 3.63) is 50.9 Å². The molecule has 1 heterocycles. The summed E-state index contributed by atoms with van der Waals surface area (Å²) in [5, 5.41) is 10.9. The third-order valence-corrected chi connectivity index (χ3v) is 3.03. The molecule has 104 valence electrons. The van der Waals surface area contributed by atoms with Crippen molar-refractivity contribution in [2.75, 3.05) is 0 Å². The summed E-state index contributed by atoms with van der Waals surface area (Å²) in [6.45, 7) is 3.67. The molecule has 2 aromatic rings. The molecule has 0 N–H and O–H groups in total. The van der Waals surface area contributed by atoms with Crippen molar-refractivity contribution < 1.29 is 9.66 Å². The molecule has 20 heavy (non-hydrogen) atoms. The summed E-state index contributed by atoms with van der Waals surface area (Å²) >= 11 is 6.01. The molecule has 2 rings (SSSR count). The van der Waals surface area contributed by atoms with Crippen molar-refractivity contribution >= 4 is 17.3 Å². The van der Waals surface area contributed by atoms with Gasteiger partial charge in [-0.15, -0.1) is 0 Å². The van der Waals surface area contributed by atoms with Gasteiger partial charge in [-0.05, 0) is 19.1 Å². The van der Waals surface area contributed by atoms with Gasteiger partial charge < -0.3 is 4.74 Å². The highest BCUT2D eigenvalue weighted by molar-refractivity contribution is 6.30. The van der Waals surface area contributed by atoms with Gasteiger partial charge >= 0.3 is 0 Å². The average molecular weight is 294 g/mol. The third-order valence-electron chi connectivity index (χ3n) is 2.67. The first-order chi connectivity index (χ1) is 9.51. The zero-order valence-electron chi connectivity index (χ0n) is 11.0. The Hall–Kier alpha value is -2.21. The van der Waals surface area contributed by atoms with E-state index in [1.165, 1.54) is 24.3 Å². The van der Waals surface area contributed by atoms with Gasteiger partial charge in [-0.25, -0.2) is 4.98 Å². The van der Waals surface area contributed by atoms with Gasteiger partial charge in [0.15, 0.2) is 0 Å². The van der Waals surface area contributed by atoms with E-state index in [0.29, 0.717) is 34.6 Å². The summed E-state index contributed by atoms with van der Waals surface area (Å²) in [6, 6.07) is 5.76. The minimum absolute atomic E-state index is 0.00374. The molecule has 0 aliphatic heterocycles. The maximum absolute atomic E-state index is 10.6. The van der Waals surface area contributed by atoms with Gasteiger partial charge in [0.2, 0.25) is 5.88 Å². The van der Waals surface area contributed by atoms with Crippen LogP contribution < -0.4 is 4.74 Å². The molecule has 1 aromatic heterocycles. The third kappa shape index (κ3) is 3.03. The molecule has 0 fully saturated rings.